The molecule has 2 heterocycles. The molecule has 0 saturated carbocycles. The third kappa shape index (κ3) is 4.83. The zero-order valence-electron chi connectivity index (χ0n) is 17.1. The summed E-state index contributed by atoms with van der Waals surface area (Å²) in [5.41, 5.74) is 7.67. The molecule has 0 unspecified atom stereocenters. The van der Waals surface area contributed by atoms with Crippen LogP contribution in [0.25, 0.3) is 11.1 Å². The highest BCUT2D eigenvalue weighted by molar-refractivity contribution is 5.87. The number of piperidine rings is 1. The van der Waals surface area contributed by atoms with Gasteiger partial charge in [-0.3, -0.25) is 4.79 Å². The number of amides is 1. The Hall–Kier alpha value is -3.87. The molecule has 1 saturated heterocycles. The van der Waals surface area contributed by atoms with Crippen molar-refractivity contribution in [2.24, 2.45) is 0 Å². The van der Waals surface area contributed by atoms with Crippen molar-refractivity contribution in [3.63, 3.8) is 0 Å². The Morgan fingerprint density at radius 3 is 2.39 bits per heavy atom. The van der Waals surface area contributed by atoms with Crippen LogP contribution in [0, 0.1) is 0 Å². The number of hydrogen-bond donors (Lipinski definition) is 1. The minimum atomic E-state index is -0.0531. The number of likely N-dealkylation sites (tertiary alicyclic amines) is 1. The summed E-state index contributed by atoms with van der Waals surface area (Å²) in [7, 11) is 0. The van der Waals surface area contributed by atoms with Gasteiger partial charge in [0.2, 0.25) is 11.8 Å². The van der Waals surface area contributed by atoms with E-state index in [2.05, 4.69) is 16.5 Å². The Kier molecular flexibility index (Phi) is 6.12. The minimum Gasteiger partial charge on any atom is -0.474 e. The molecule has 0 spiro atoms. The van der Waals surface area contributed by atoms with Crippen LogP contribution in [0.5, 0.6) is 17.4 Å². The molecular formula is C24H24N4O3. The van der Waals surface area contributed by atoms with E-state index in [0.29, 0.717) is 48.9 Å². The molecule has 2 aromatic carbocycles. The summed E-state index contributed by atoms with van der Waals surface area (Å²) in [6.45, 7) is 4.79. The van der Waals surface area contributed by atoms with E-state index in [0.717, 1.165) is 11.3 Å². The molecule has 0 radical (unpaired) electrons. The van der Waals surface area contributed by atoms with Crippen LogP contribution in [0.15, 0.2) is 73.6 Å². The first-order valence-electron chi connectivity index (χ1n) is 10.2. The quantitative estimate of drug-likeness (QED) is 0.609. The van der Waals surface area contributed by atoms with Crippen LogP contribution in [0.2, 0.25) is 0 Å². The molecule has 0 aliphatic carbocycles. The summed E-state index contributed by atoms with van der Waals surface area (Å²) in [6.07, 6.45) is 4.12. The number of benzene rings is 2. The van der Waals surface area contributed by atoms with Crippen LogP contribution >= 0.6 is 0 Å². The van der Waals surface area contributed by atoms with E-state index in [1.807, 2.05) is 54.6 Å². The second-order valence-electron chi connectivity index (χ2n) is 7.23. The van der Waals surface area contributed by atoms with Crippen LogP contribution in [0.3, 0.4) is 0 Å². The maximum atomic E-state index is 11.8. The molecule has 3 aromatic rings. The number of carbonyl (C=O) groups excluding carboxylic acids is 1. The standard InChI is InChI=1S/C24H24N4O3/c1-2-21(29)28-14-12-20(13-15-28)31-24-22(23(25)26-16-27-24)17-8-10-19(11-9-17)30-18-6-4-3-5-7-18/h2-11,16,20H,1,12-15H2,(H2,25,26,27). The molecule has 31 heavy (non-hydrogen) atoms. The second-order valence-corrected chi connectivity index (χ2v) is 7.23. The number of ether oxygens (including phenoxy) is 2. The molecule has 0 atom stereocenters. The fourth-order valence-corrected chi connectivity index (χ4v) is 3.54. The minimum absolute atomic E-state index is 0.0526. The lowest BCUT2D eigenvalue weighted by molar-refractivity contribution is -0.127. The average Bonchev–Trinajstić information content (AvgIpc) is 2.81. The molecule has 158 valence electrons. The van der Waals surface area contributed by atoms with Crippen LogP contribution in [0.1, 0.15) is 12.8 Å². The van der Waals surface area contributed by atoms with Crippen molar-refractivity contribution < 1.29 is 14.3 Å². The fourth-order valence-electron chi connectivity index (χ4n) is 3.54. The molecule has 4 rings (SSSR count). The third-order valence-corrected chi connectivity index (χ3v) is 5.17. The zero-order chi connectivity index (χ0) is 21.6. The van der Waals surface area contributed by atoms with Gasteiger partial charge in [-0.2, -0.15) is 0 Å². The van der Waals surface area contributed by atoms with Gasteiger partial charge in [0.15, 0.2) is 0 Å². The van der Waals surface area contributed by atoms with Crippen molar-refractivity contribution in [2.75, 3.05) is 18.8 Å². The van der Waals surface area contributed by atoms with Gasteiger partial charge in [-0.05, 0) is 35.9 Å². The topological polar surface area (TPSA) is 90.6 Å². The lowest BCUT2D eigenvalue weighted by Crippen LogP contribution is -2.41. The van der Waals surface area contributed by atoms with E-state index >= 15 is 0 Å². The predicted octanol–water partition coefficient (Wildman–Crippen LogP) is 4.07. The fraction of sp³-hybridized carbons (Fsp3) is 0.208. The molecule has 2 N–H and O–H groups in total. The highest BCUT2D eigenvalue weighted by Gasteiger charge is 2.24. The molecule has 1 fully saturated rings. The number of para-hydroxylation sites is 1. The van der Waals surface area contributed by atoms with Gasteiger partial charge >= 0.3 is 0 Å². The van der Waals surface area contributed by atoms with Gasteiger partial charge in [-0.1, -0.05) is 36.9 Å². The van der Waals surface area contributed by atoms with Crippen molar-refractivity contribution in [1.82, 2.24) is 14.9 Å². The van der Waals surface area contributed by atoms with Crippen molar-refractivity contribution in [3.05, 3.63) is 73.6 Å². The van der Waals surface area contributed by atoms with Crippen LogP contribution in [-0.4, -0.2) is 40.0 Å². The lowest BCUT2D eigenvalue weighted by Gasteiger charge is -2.31. The molecular weight excluding hydrogens is 392 g/mol. The van der Waals surface area contributed by atoms with E-state index in [1.165, 1.54) is 12.4 Å². The summed E-state index contributed by atoms with van der Waals surface area (Å²) < 4.78 is 12.0. The highest BCUT2D eigenvalue weighted by atomic mass is 16.5. The van der Waals surface area contributed by atoms with Gasteiger partial charge in [-0.25, -0.2) is 9.97 Å². The molecule has 1 aromatic heterocycles. The molecule has 0 bridgehead atoms. The van der Waals surface area contributed by atoms with E-state index in [9.17, 15) is 4.79 Å². The first kappa shape index (κ1) is 20.4. The van der Waals surface area contributed by atoms with Crippen molar-refractivity contribution in [2.45, 2.75) is 18.9 Å². The van der Waals surface area contributed by atoms with Crippen molar-refractivity contribution in [1.29, 1.82) is 0 Å². The first-order valence-corrected chi connectivity index (χ1v) is 10.2. The molecule has 7 nitrogen and oxygen atoms in total. The molecule has 1 amide bonds. The Bertz CT molecular complexity index is 1050. The smallest absolute Gasteiger partial charge is 0.245 e. The predicted molar refractivity (Wildman–Crippen MR) is 119 cm³/mol. The van der Waals surface area contributed by atoms with Crippen molar-refractivity contribution >= 4 is 11.7 Å². The summed E-state index contributed by atoms with van der Waals surface area (Å²) in [5, 5.41) is 0. The molecule has 1 aliphatic rings. The summed E-state index contributed by atoms with van der Waals surface area (Å²) in [4.78, 5) is 22.0. The number of aromatic nitrogens is 2. The van der Waals surface area contributed by atoms with E-state index in [-0.39, 0.29) is 12.0 Å². The number of carbonyl (C=O) groups is 1. The summed E-state index contributed by atoms with van der Waals surface area (Å²) in [5.74, 6) is 2.22. The monoisotopic (exact) mass is 416 g/mol. The number of anilines is 1. The maximum Gasteiger partial charge on any atom is 0.245 e. The third-order valence-electron chi connectivity index (χ3n) is 5.17. The van der Waals surface area contributed by atoms with E-state index in [4.69, 9.17) is 15.2 Å². The van der Waals surface area contributed by atoms with Crippen molar-refractivity contribution in [3.8, 4) is 28.5 Å². The number of nitrogens with zero attached hydrogens (tertiary/aromatic N) is 3. The van der Waals surface area contributed by atoms with Gasteiger partial charge in [0, 0.05) is 25.9 Å². The highest BCUT2D eigenvalue weighted by Crippen LogP contribution is 2.35. The summed E-state index contributed by atoms with van der Waals surface area (Å²) in [6, 6.07) is 17.2. The lowest BCUT2D eigenvalue weighted by atomic mass is 10.1. The Labute approximate surface area is 181 Å². The average molecular weight is 416 g/mol. The van der Waals surface area contributed by atoms with Crippen LogP contribution in [0.4, 0.5) is 5.82 Å². The zero-order valence-corrected chi connectivity index (χ0v) is 17.1. The Morgan fingerprint density at radius 2 is 1.71 bits per heavy atom. The number of nitrogens with two attached hydrogens (primary N) is 1. The summed E-state index contributed by atoms with van der Waals surface area (Å²) >= 11 is 0. The van der Waals surface area contributed by atoms with Crippen LogP contribution in [-0.2, 0) is 4.79 Å². The van der Waals surface area contributed by atoms with Gasteiger partial charge in [0.1, 0.15) is 29.7 Å². The normalized spacial score (nSPS) is 14.1. The number of rotatable bonds is 6. The Morgan fingerprint density at radius 1 is 1.03 bits per heavy atom. The molecule has 1 aliphatic heterocycles. The van der Waals surface area contributed by atoms with Gasteiger partial charge in [-0.15, -0.1) is 0 Å². The molecule has 7 heteroatoms. The largest absolute Gasteiger partial charge is 0.474 e. The SMILES string of the molecule is C=CC(=O)N1CCC(Oc2ncnc(N)c2-c2ccc(Oc3ccccc3)cc2)CC1. The number of hydrogen-bond acceptors (Lipinski definition) is 6. The number of nitrogen functional groups attached to an aromatic ring is 1. The van der Waals surface area contributed by atoms with E-state index in [1.54, 1.807) is 4.90 Å². The first-order chi connectivity index (χ1) is 15.1. The second kappa shape index (κ2) is 9.30. The van der Waals surface area contributed by atoms with Gasteiger partial charge < -0.3 is 20.1 Å². The van der Waals surface area contributed by atoms with Gasteiger partial charge in [0.05, 0.1) is 5.56 Å². The maximum absolute atomic E-state index is 11.8. The van der Waals surface area contributed by atoms with Crippen LogP contribution < -0.4 is 15.2 Å². The van der Waals surface area contributed by atoms with E-state index < -0.39 is 0 Å². The Balaban J connectivity index is 1.49. The van der Waals surface area contributed by atoms with Gasteiger partial charge in [0.25, 0.3) is 0 Å².